The molecule has 0 unspecified atom stereocenters. The maximum Gasteiger partial charge on any atom is 0.416 e. The maximum atomic E-state index is 12.3. The van der Waals surface area contributed by atoms with Crippen LogP contribution >= 0.6 is 0 Å². The normalized spacial score (nSPS) is 12.0. The molecule has 1 radical (unpaired) electrons. The van der Waals surface area contributed by atoms with Crippen LogP contribution in [0.2, 0.25) is 0 Å². The lowest BCUT2D eigenvalue weighted by molar-refractivity contribution is -0.137. The topological polar surface area (TPSA) is 21.6 Å². The van der Waals surface area contributed by atoms with Crippen molar-refractivity contribution < 1.29 is 18.0 Å². The minimum atomic E-state index is -4.35. The molecule has 16 heavy (non-hydrogen) atoms. The zero-order chi connectivity index (χ0) is 12.0. The molecule has 0 atom stereocenters. The first kappa shape index (κ1) is 12.5. The minimum absolute atomic E-state index is 0.242. The molecule has 2 nitrogen and oxygen atoms in total. The molecule has 0 aromatic heterocycles. The van der Waals surface area contributed by atoms with E-state index in [0.717, 1.165) is 18.6 Å². The molecule has 0 N–H and O–H groups in total. The van der Waals surface area contributed by atoms with Gasteiger partial charge in [-0.25, -0.2) is 0 Å². The van der Waals surface area contributed by atoms with Crippen LogP contribution in [-0.4, -0.2) is 12.8 Å². The number of nitrogens with zero attached hydrogens (tertiary/aromatic N) is 1. The van der Waals surface area contributed by atoms with Gasteiger partial charge in [-0.05, 0) is 18.6 Å². The molecular formula is C11H11F3NO. The second-order valence-corrected chi connectivity index (χ2v) is 3.11. The Bertz CT molecular complexity index is 360. The number of halogens is 3. The van der Waals surface area contributed by atoms with Gasteiger partial charge in [0.2, 0.25) is 0 Å². The van der Waals surface area contributed by atoms with Crippen LogP contribution < -0.4 is 0 Å². The van der Waals surface area contributed by atoms with Gasteiger partial charge in [-0.2, -0.15) is 13.2 Å². The number of rotatable bonds is 4. The molecule has 87 valence electrons. The zero-order valence-corrected chi connectivity index (χ0v) is 8.71. The van der Waals surface area contributed by atoms with Crippen LogP contribution in [0.15, 0.2) is 29.4 Å². The van der Waals surface area contributed by atoms with E-state index in [4.69, 9.17) is 4.84 Å². The highest BCUT2D eigenvalue weighted by atomic mass is 19.4. The standard InChI is InChI=1S/C11H11F3NO/c1-2-6-16-15-8-9-4-3-5-10(7-9)11(12,13)14/h3-5,7H,2,6H2,1H3. The van der Waals surface area contributed by atoms with E-state index in [1.165, 1.54) is 12.1 Å². The fourth-order valence-electron chi connectivity index (χ4n) is 0.987. The van der Waals surface area contributed by atoms with Crippen molar-refractivity contribution in [3.8, 4) is 0 Å². The van der Waals surface area contributed by atoms with E-state index in [9.17, 15) is 13.2 Å². The molecule has 0 bridgehead atoms. The first-order valence-electron chi connectivity index (χ1n) is 4.79. The molecule has 0 aliphatic heterocycles. The Labute approximate surface area is 91.7 Å². The summed E-state index contributed by atoms with van der Waals surface area (Å²) in [4.78, 5) is 4.74. The predicted molar refractivity (Wildman–Crippen MR) is 54.2 cm³/mol. The highest BCUT2D eigenvalue weighted by molar-refractivity contribution is 5.79. The molecule has 1 aromatic carbocycles. The first-order chi connectivity index (χ1) is 7.54. The SMILES string of the molecule is CCCO/N=[C]\c1cccc(C(F)(F)F)c1. The predicted octanol–water partition coefficient (Wildman–Crippen LogP) is 3.34. The molecule has 0 aliphatic rings. The Morgan fingerprint density at radius 3 is 2.75 bits per heavy atom. The van der Waals surface area contributed by atoms with Crippen LogP contribution in [0, 0.1) is 0 Å². The summed E-state index contributed by atoms with van der Waals surface area (Å²) >= 11 is 0. The van der Waals surface area contributed by atoms with Gasteiger partial charge in [0, 0.05) is 5.56 Å². The van der Waals surface area contributed by atoms with Crippen molar-refractivity contribution in [2.24, 2.45) is 5.16 Å². The third-order valence-electron chi connectivity index (χ3n) is 1.72. The molecule has 0 saturated carbocycles. The van der Waals surface area contributed by atoms with E-state index in [2.05, 4.69) is 11.4 Å². The van der Waals surface area contributed by atoms with Crippen LogP contribution in [0.4, 0.5) is 13.2 Å². The van der Waals surface area contributed by atoms with Crippen LogP contribution in [0.5, 0.6) is 0 Å². The summed E-state index contributed by atoms with van der Waals surface area (Å²) in [5.41, 5.74) is -0.478. The first-order valence-corrected chi connectivity index (χ1v) is 4.79. The van der Waals surface area contributed by atoms with E-state index in [1.807, 2.05) is 6.92 Å². The summed E-state index contributed by atoms with van der Waals surface area (Å²) < 4.78 is 37.0. The molecule has 1 rings (SSSR count). The van der Waals surface area contributed by atoms with Crippen molar-refractivity contribution in [1.82, 2.24) is 0 Å². The smallest absolute Gasteiger partial charge is 0.395 e. The van der Waals surface area contributed by atoms with Gasteiger partial charge in [0.1, 0.15) is 12.8 Å². The average Bonchev–Trinajstić information content (AvgIpc) is 2.24. The molecule has 5 heteroatoms. The van der Waals surface area contributed by atoms with Crippen molar-refractivity contribution in [2.75, 3.05) is 6.61 Å². The zero-order valence-electron chi connectivity index (χ0n) is 8.71. The van der Waals surface area contributed by atoms with Crippen molar-refractivity contribution in [3.63, 3.8) is 0 Å². The van der Waals surface area contributed by atoms with Crippen LogP contribution in [0.25, 0.3) is 0 Å². The Balaban J connectivity index is 2.71. The Hall–Kier alpha value is -1.52. The number of hydrogen-bond acceptors (Lipinski definition) is 2. The highest BCUT2D eigenvalue weighted by Crippen LogP contribution is 2.29. The fraction of sp³-hybridized carbons (Fsp3) is 0.364. The lowest BCUT2D eigenvalue weighted by Gasteiger charge is -2.05. The van der Waals surface area contributed by atoms with Crippen molar-refractivity contribution in [3.05, 3.63) is 35.4 Å². The molecule has 0 saturated heterocycles. The fourth-order valence-corrected chi connectivity index (χ4v) is 0.987. The lowest BCUT2D eigenvalue weighted by atomic mass is 10.1. The van der Waals surface area contributed by atoms with Gasteiger partial charge in [0.05, 0.1) is 5.56 Å². The third kappa shape index (κ3) is 3.92. The van der Waals surface area contributed by atoms with E-state index in [0.29, 0.717) is 6.61 Å². The summed E-state index contributed by atoms with van der Waals surface area (Å²) in [5.74, 6) is 0. The van der Waals surface area contributed by atoms with Gasteiger partial charge in [0.25, 0.3) is 0 Å². The van der Waals surface area contributed by atoms with E-state index < -0.39 is 11.7 Å². The molecular weight excluding hydrogens is 219 g/mol. The second kappa shape index (κ2) is 5.53. The van der Waals surface area contributed by atoms with Gasteiger partial charge in [-0.1, -0.05) is 24.2 Å². The Morgan fingerprint density at radius 1 is 1.38 bits per heavy atom. The van der Waals surface area contributed by atoms with Crippen molar-refractivity contribution >= 4 is 6.21 Å². The summed E-state index contributed by atoms with van der Waals surface area (Å²) in [7, 11) is 0. The van der Waals surface area contributed by atoms with Gasteiger partial charge < -0.3 is 4.84 Å². The van der Waals surface area contributed by atoms with Crippen LogP contribution in [0.3, 0.4) is 0 Å². The Morgan fingerprint density at radius 2 is 2.12 bits per heavy atom. The number of hydrogen-bond donors (Lipinski definition) is 0. The van der Waals surface area contributed by atoms with Crippen molar-refractivity contribution in [1.29, 1.82) is 0 Å². The second-order valence-electron chi connectivity index (χ2n) is 3.11. The summed E-state index contributed by atoms with van der Waals surface area (Å²) in [5, 5.41) is 3.44. The number of alkyl halides is 3. The van der Waals surface area contributed by atoms with Gasteiger partial charge in [0.15, 0.2) is 0 Å². The summed E-state index contributed by atoms with van der Waals surface area (Å²) in [6, 6.07) is 4.76. The summed E-state index contributed by atoms with van der Waals surface area (Å²) in [6.45, 7) is 2.33. The van der Waals surface area contributed by atoms with E-state index in [1.54, 1.807) is 0 Å². The highest BCUT2D eigenvalue weighted by Gasteiger charge is 2.30. The van der Waals surface area contributed by atoms with E-state index >= 15 is 0 Å². The molecule has 0 spiro atoms. The molecule has 1 aromatic rings. The summed E-state index contributed by atoms with van der Waals surface area (Å²) in [6.07, 6.45) is -1.17. The van der Waals surface area contributed by atoms with E-state index in [-0.39, 0.29) is 5.56 Å². The largest absolute Gasteiger partial charge is 0.416 e. The van der Waals surface area contributed by atoms with Crippen molar-refractivity contribution in [2.45, 2.75) is 19.5 Å². The average molecular weight is 230 g/mol. The monoisotopic (exact) mass is 230 g/mol. The molecule has 0 fully saturated rings. The lowest BCUT2D eigenvalue weighted by Crippen LogP contribution is -2.05. The third-order valence-corrected chi connectivity index (χ3v) is 1.72. The van der Waals surface area contributed by atoms with Crippen LogP contribution in [-0.2, 0) is 11.0 Å². The number of benzene rings is 1. The maximum absolute atomic E-state index is 12.3. The molecule has 0 heterocycles. The van der Waals surface area contributed by atoms with Gasteiger partial charge >= 0.3 is 6.18 Å². The molecule has 0 amide bonds. The van der Waals surface area contributed by atoms with Crippen LogP contribution in [0.1, 0.15) is 24.5 Å². The van der Waals surface area contributed by atoms with Gasteiger partial charge in [-0.3, -0.25) is 0 Å². The molecule has 0 aliphatic carbocycles. The van der Waals surface area contributed by atoms with Gasteiger partial charge in [-0.15, -0.1) is 0 Å². The quantitative estimate of drug-likeness (QED) is 0.441. The Kier molecular flexibility index (Phi) is 4.34. The minimum Gasteiger partial charge on any atom is -0.395 e.